The molecule has 1 unspecified atom stereocenters. The molecule has 2 aromatic rings. The average Bonchev–Trinajstić information content (AvgIpc) is 3.03. The van der Waals surface area contributed by atoms with E-state index in [1.807, 2.05) is 35.2 Å². The van der Waals surface area contributed by atoms with Crippen LogP contribution in [0.1, 0.15) is 45.7 Å². The summed E-state index contributed by atoms with van der Waals surface area (Å²) in [5.74, 6) is 1.14. The summed E-state index contributed by atoms with van der Waals surface area (Å²) in [6.45, 7) is 11.0. The summed E-state index contributed by atoms with van der Waals surface area (Å²) in [4.78, 5) is 19.3. The largest absolute Gasteiger partial charge is 0.390 e. The number of carbonyl (C=O) groups excluding carboxylic acids is 1. The molecule has 161 valence electrons. The van der Waals surface area contributed by atoms with Crippen molar-refractivity contribution in [3.05, 3.63) is 71.9 Å². The second-order valence-corrected chi connectivity index (χ2v) is 9.54. The van der Waals surface area contributed by atoms with Crippen LogP contribution in [0.2, 0.25) is 0 Å². The van der Waals surface area contributed by atoms with Crippen LogP contribution in [0.4, 0.5) is 0 Å². The number of benzene rings is 1. The maximum atomic E-state index is 13.4. The zero-order chi connectivity index (χ0) is 21.9. The van der Waals surface area contributed by atoms with Gasteiger partial charge in [0.2, 0.25) is 5.91 Å². The Bertz CT molecular complexity index is 817. The zero-order valence-corrected chi connectivity index (χ0v) is 18.7. The van der Waals surface area contributed by atoms with Crippen molar-refractivity contribution in [2.75, 3.05) is 0 Å². The second-order valence-electron chi connectivity index (χ2n) is 9.54. The minimum absolute atomic E-state index is 0.0483. The number of hydrogen-bond donors (Lipinski definition) is 2. The predicted molar refractivity (Wildman–Crippen MR) is 119 cm³/mol. The van der Waals surface area contributed by atoms with Gasteiger partial charge in [0.05, 0.1) is 12.3 Å². The fourth-order valence-electron chi connectivity index (χ4n) is 4.13. The fraction of sp³-hybridized carbons (Fsp3) is 0.480. The van der Waals surface area contributed by atoms with Crippen molar-refractivity contribution >= 4 is 5.91 Å². The number of aromatic nitrogens is 1. The number of rotatable bonds is 7. The summed E-state index contributed by atoms with van der Waals surface area (Å²) in [6, 6.07) is 13.3. The van der Waals surface area contributed by atoms with Crippen molar-refractivity contribution in [3.63, 3.8) is 0 Å². The van der Waals surface area contributed by atoms with Gasteiger partial charge in [0, 0.05) is 24.9 Å². The minimum Gasteiger partial charge on any atom is -0.390 e. The van der Waals surface area contributed by atoms with Crippen LogP contribution < -0.4 is 5.32 Å². The van der Waals surface area contributed by atoms with Crippen molar-refractivity contribution in [2.24, 2.45) is 11.3 Å². The highest BCUT2D eigenvalue weighted by Gasteiger charge is 2.47. The van der Waals surface area contributed by atoms with E-state index in [9.17, 15) is 9.90 Å². The van der Waals surface area contributed by atoms with Gasteiger partial charge in [-0.15, -0.1) is 0 Å². The highest BCUT2D eigenvalue weighted by Crippen LogP contribution is 2.37. The predicted octanol–water partition coefficient (Wildman–Crippen LogP) is 3.59. The van der Waals surface area contributed by atoms with E-state index in [0.717, 1.165) is 17.0 Å². The van der Waals surface area contributed by atoms with E-state index in [0.29, 0.717) is 13.0 Å². The maximum Gasteiger partial charge on any atom is 0.244 e. The quantitative estimate of drug-likeness (QED) is 0.735. The lowest BCUT2D eigenvalue weighted by molar-refractivity contribution is -0.133. The van der Waals surface area contributed by atoms with Crippen LogP contribution in [0.5, 0.6) is 0 Å². The van der Waals surface area contributed by atoms with E-state index in [4.69, 9.17) is 0 Å². The summed E-state index contributed by atoms with van der Waals surface area (Å²) >= 11 is 0. The first-order chi connectivity index (χ1) is 14.2. The van der Waals surface area contributed by atoms with Crippen molar-refractivity contribution in [1.29, 1.82) is 0 Å². The monoisotopic (exact) mass is 408 g/mol. The van der Waals surface area contributed by atoms with E-state index >= 15 is 0 Å². The molecule has 30 heavy (non-hydrogen) atoms. The van der Waals surface area contributed by atoms with E-state index in [1.54, 1.807) is 12.4 Å². The van der Waals surface area contributed by atoms with E-state index < -0.39 is 12.1 Å². The van der Waals surface area contributed by atoms with Crippen LogP contribution in [-0.2, 0) is 17.8 Å². The smallest absolute Gasteiger partial charge is 0.244 e. The molecule has 1 amide bonds. The molecule has 1 aromatic heterocycles. The van der Waals surface area contributed by atoms with E-state index in [2.05, 4.69) is 57.1 Å². The van der Waals surface area contributed by atoms with Gasteiger partial charge in [-0.05, 0) is 41.0 Å². The third kappa shape index (κ3) is 5.08. The zero-order valence-electron chi connectivity index (χ0n) is 18.7. The minimum atomic E-state index is -0.860. The number of pyridine rings is 1. The van der Waals surface area contributed by atoms with Crippen molar-refractivity contribution in [1.82, 2.24) is 15.2 Å². The Hall–Kier alpha value is -2.24. The Morgan fingerprint density at radius 1 is 1.10 bits per heavy atom. The first-order valence-corrected chi connectivity index (χ1v) is 10.7. The average molecular weight is 409 g/mol. The summed E-state index contributed by atoms with van der Waals surface area (Å²) < 4.78 is 0. The highest BCUT2D eigenvalue weighted by molar-refractivity contribution is 5.85. The molecule has 5 nitrogen and oxygen atoms in total. The van der Waals surface area contributed by atoms with Crippen LogP contribution in [0, 0.1) is 17.3 Å². The van der Waals surface area contributed by atoms with E-state index in [-0.39, 0.29) is 23.4 Å². The Morgan fingerprint density at radius 3 is 2.30 bits per heavy atom. The molecular formula is C25H34N3O2. The molecule has 3 rings (SSSR count). The van der Waals surface area contributed by atoms with Gasteiger partial charge in [-0.3, -0.25) is 15.1 Å². The van der Waals surface area contributed by atoms with Crippen molar-refractivity contribution in [2.45, 2.75) is 65.9 Å². The molecule has 1 aliphatic rings. The molecule has 2 N–H and O–H groups in total. The van der Waals surface area contributed by atoms with Crippen molar-refractivity contribution in [3.8, 4) is 0 Å². The second kappa shape index (κ2) is 9.27. The molecule has 2 heterocycles. The Labute approximate surface area is 180 Å². The van der Waals surface area contributed by atoms with Gasteiger partial charge in [-0.2, -0.15) is 0 Å². The van der Waals surface area contributed by atoms with Gasteiger partial charge in [0.15, 0.2) is 0 Å². The Balaban J connectivity index is 1.84. The van der Waals surface area contributed by atoms with Crippen LogP contribution >= 0.6 is 0 Å². The Morgan fingerprint density at radius 2 is 1.73 bits per heavy atom. The fourth-order valence-corrected chi connectivity index (χ4v) is 4.13. The number of amides is 1. The molecule has 0 aliphatic carbocycles. The third-order valence-corrected chi connectivity index (χ3v) is 5.84. The van der Waals surface area contributed by atoms with Gasteiger partial charge in [0.1, 0.15) is 6.04 Å². The molecule has 1 fully saturated rings. The number of aliphatic hydroxyl groups excluding tert-OH is 1. The summed E-state index contributed by atoms with van der Waals surface area (Å²) in [7, 11) is 0. The molecule has 1 aliphatic heterocycles. The van der Waals surface area contributed by atoms with Gasteiger partial charge in [-0.1, -0.05) is 65.0 Å². The van der Waals surface area contributed by atoms with Crippen LogP contribution in [-0.4, -0.2) is 39.2 Å². The number of aliphatic hydroxyl groups is 1. The number of hydrogen-bond acceptors (Lipinski definition) is 4. The lowest BCUT2D eigenvalue weighted by atomic mass is 9.72. The van der Waals surface area contributed by atoms with Crippen LogP contribution in [0.3, 0.4) is 0 Å². The Kier molecular flexibility index (Phi) is 6.94. The molecule has 5 heteroatoms. The molecule has 3 atom stereocenters. The molecule has 0 spiro atoms. The SMILES string of the molecule is CC(C)C1N[C@@H]([C@H](O)[C](Cc2ccccc2)C(C)(C)C)C(=O)N1Cc1ccncc1. The third-order valence-electron chi connectivity index (χ3n) is 5.84. The van der Waals surface area contributed by atoms with Crippen molar-refractivity contribution < 1.29 is 9.90 Å². The van der Waals surface area contributed by atoms with Gasteiger partial charge in [0.25, 0.3) is 0 Å². The first kappa shape index (κ1) is 22.4. The number of carbonyl (C=O) groups is 1. The van der Waals surface area contributed by atoms with Gasteiger partial charge >= 0.3 is 0 Å². The van der Waals surface area contributed by atoms with E-state index in [1.165, 1.54) is 0 Å². The molecule has 1 radical (unpaired) electrons. The maximum absolute atomic E-state index is 13.4. The molecular weight excluding hydrogens is 374 g/mol. The first-order valence-electron chi connectivity index (χ1n) is 10.7. The molecule has 0 saturated carbocycles. The molecule has 0 bridgehead atoms. The number of nitrogens with one attached hydrogen (secondary N) is 1. The standard InChI is InChI=1S/C25H34N3O2/c1-17(2)23-27-21(24(30)28(23)16-19-11-13-26-14-12-19)22(29)20(25(3,4)5)15-18-9-7-6-8-10-18/h6-14,17,21-23,27,29H,15-16H2,1-5H3/t21-,22+,23?/m0/s1. The van der Waals surface area contributed by atoms with Crippen LogP contribution in [0.15, 0.2) is 54.9 Å². The summed E-state index contributed by atoms with van der Waals surface area (Å²) in [5, 5.41) is 14.8. The lowest BCUT2D eigenvalue weighted by Crippen LogP contribution is -2.49. The molecule has 1 aromatic carbocycles. The highest BCUT2D eigenvalue weighted by atomic mass is 16.3. The van der Waals surface area contributed by atoms with Gasteiger partial charge in [-0.25, -0.2) is 0 Å². The summed E-state index contributed by atoms with van der Waals surface area (Å²) in [5.41, 5.74) is 1.94. The number of nitrogens with zero attached hydrogens (tertiary/aromatic N) is 2. The topological polar surface area (TPSA) is 65.5 Å². The molecule has 1 saturated heterocycles. The van der Waals surface area contributed by atoms with Gasteiger partial charge < -0.3 is 10.0 Å². The normalized spacial score (nSPS) is 20.9. The lowest BCUT2D eigenvalue weighted by Gasteiger charge is -2.36. The van der Waals surface area contributed by atoms with Crippen LogP contribution in [0.25, 0.3) is 0 Å². The summed E-state index contributed by atoms with van der Waals surface area (Å²) in [6.07, 6.45) is 3.15.